The number of aromatic hydroxyl groups is 1. The number of nitrogens with zero attached hydrogens (tertiary/aromatic N) is 4. The summed E-state index contributed by atoms with van der Waals surface area (Å²) in [6.45, 7) is 0.504. The molecule has 134 valence electrons. The first-order chi connectivity index (χ1) is 13.1. The van der Waals surface area contributed by atoms with Crippen LogP contribution in [0.4, 0.5) is 10.2 Å². The predicted molar refractivity (Wildman–Crippen MR) is 103 cm³/mol. The minimum absolute atomic E-state index is 0.0947. The Balaban J connectivity index is 1.86. The van der Waals surface area contributed by atoms with Crippen molar-refractivity contribution in [2.45, 2.75) is 6.54 Å². The molecule has 0 spiro atoms. The molecule has 27 heavy (non-hydrogen) atoms. The van der Waals surface area contributed by atoms with Crippen molar-refractivity contribution in [3.63, 3.8) is 0 Å². The van der Waals surface area contributed by atoms with Crippen molar-refractivity contribution in [1.82, 2.24) is 15.0 Å². The number of benzene rings is 2. The molecule has 0 bridgehead atoms. The fourth-order valence-electron chi connectivity index (χ4n) is 2.97. The van der Waals surface area contributed by atoms with E-state index < -0.39 is 0 Å². The molecule has 2 aromatic heterocycles. The number of fused-ring (bicyclic) bond motifs is 1. The Morgan fingerprint density at radius 3 is 2.59 bits per heavy atom. The third-order valence-corrected chi connectivity index (χ3v) is 4.27. The lowest BCUT2D eigenvalue weighted by molar-refractivity contribution is 0.477. The fraction of sp³-hybridized carbons (Fsp3) is 0.0952. The van der Waals surface area contributed by atoms with Gasteiger partial charge in [0.15, 0.2) is 5.82 Å². The van der Waals surface area contributed by atoms with Crippen LogP contribution < -0.4 is 4.90 Å². The summed E-state index contributed by atoms with van der Waals surface area (Å²) in [5, 5.41) is 10.8. The number of rotatable bonds is 4. The molecule has 0 saturated heterocycles. The Labute approximate surface area is 155 Å². The molecule has 0 fully saturated rings. The number of aromatic nitrogens is 3. The topological polar surface area (TPSA) is 62.1 Å². The van der Waals surface area contributed by atoms with Crippen molar-refractivity contribution >= 4 is 16.7 Å². The molecule has 4 aromatic rings. The highest BCUT2D eigenvalue weighted by molar-refractivity contribution is 5.91. The molecule has 0 atom stereocenters. The summed E-state index contributed by atoms with van der Waals surface area (Å²) in [6, 6.07) is 17.0. The van der Waals surface area contributed by atoms with Gasteiger partial charge in [0, 0.05) is 18.6 Å². The van der Waals surface area contributed by atoms with E-state index >= 15 is 0 Å². The van der Waals surface area contributed by atoms with Crippen molar-refractivity contribution in [3.05, 3.63) is 78.4 Å². The quantitative estimate of drug-likeness (QED) is 0.592. The van der Waals surface area contributed by atoms with Crippen LogP contribution in [0.2, 0.25) is 0 Å². The predicted octanol–water partition coefficient (Wildman–Crippen LogP) is 4.17. The van der Waals surface area contributed by atoms with Gasteiger partial charge >= 0.3 is 0 Å². The average molecular weight is 360 g/mol. The van der Waals surface area contributed by atoms with Crippen molar-refractivity contribution in [3.8, 4) is 17.1 Å². The van der Waals surface area contributed by atoms with Gasteiger partial charge in [-0.1, -0.05) is 18.2 Å². The van der Waals surface area contributed by atoms with Crippen molar-refractivity contribution in [2.24, 2.45) is 0 Å². The van der Waals surface area contributed by atoms with E-state index in [2.05, 4.69) is 15.0 Å². The van der Waals surface area contributed by atoms with Crippen molar-refractivity contribution in [1.29, 1.82) is 0 Å². The third kappa shape index (κ3) is 3.42. The second kappa shape index (κ2) is 6.99. The molecule has 0 amide bonds. The Bertz CT molecular complexity index is 1100. The molecule has 2 heterocycles. The summed E-state index contributed by atoms with van der Waals surface area (Å²) in [5.74, 6) is 0.699. The molecular formula is C21H17FN4O. The summed E-state index contributed by atoms with van der Waals surface area (Å²) < 4.78 is 13.9. The first-order valence-corrected chi connectivity index (χ1v) is 8.48. The van der Waals surface area contributed by atoms with E-state index in [1.807, 2.05) is 36.2 Å². The second-order valence-corrected chi connectivity index (χ2v) is 6.23. The van der Waals surface area contributed by atoms with Crippen LogP contribution in [0.1, 0.15) is 5.69 Å². The molecular weight excluding hydrogens is 343 g/mol. The van der Waals surface area contributed by atoms with Crippen LogP contribution in [-0.2, 0) is 6.54 Å². The highest BCUT2D eigenvalue weighted by Crippen LogP contribution is 2.31. The molecule has 0 aliphatic carbocycles. The lowest BCUT2D eigenvalue weighted by atomic mass is 10.1. The van der Waals surface area contributed by atoms with Crippen LogP contribution in [-0.4, -0.2) is 27.1 Å². The number of phenols is 1. The van der Waals surface area contributed by atoms with Gasteiger partial charge < -0.3 is 10.0 Å². The van der Waals surface area contributed by atoms with Crippen LogP contribution >= 0.6 is 0 Å². The third-order valence-electron chi connectivity index (χ3n) is 4.27. The molecule has 5 nitrogen and oxygen atoms in total. The maximum Gasteiger partial charge on any atom is 0.165 e. The SMILES string of the molecule is CN(Cc1ccccn1)c1nc(-c2ccccc2O)nc2ccc(F)cc12. The Kier molecular flexibility index (Phi) is 4.38. The highest BCUT2D eigenvalue weighted by atomic mass is 19.1. The second-order valence-electron chi connectivity index (χ2n) is 6.23. The zero-order valence-electron chi connectivity index (χ0n) is 14.7. The van der Waals surface area contributed by atoms with Crippen LogP contribution in [0.15, 0.2) is 66.9 Å². The fourth-order valence-corrected chi connectivity index (χ4v) is 2.97. The zero-order valence-corrected chi connectivity index (χ0v) is 14.7. The Morgan fingerprint density at radius 2 is 1.81 bits per heavy atom. The van der Waals surface area contributed by atoms with E-state index in [1.54, 1.807) is 30.5 Å². The van der Waals surface area contributed by atoms with Gasteiger partial charge in [0.2, 0.25) is 0 Å². The summed E-state index contributed by atoms with van der Waals surface area (Å²) in [6.07, 6.45) is 1.73. The summed E-state index contributed by atoms with van der Waals surface area (Å²) in [5.41, 5.74) is 2.00. The maximum atomic E-state index is 13.9. The lowest BCUT2D eigenvalue weighted by Gasteiger charge is -2.20. The number of hydrogen-bond acceptors (Lipinski definition) is 5. The monoisotopic (exact) mass is 360 g/mol. The molecule has 4 rings (SSSR count). The summed E-state index contributed by atoms with van der Waals surface area (Å²) >= 11 is 0. The number of hydrogen-bond donors (Lipinski definition) is 1. The van der Waals surface area contributed by atoms with E-state index in [-0.39, 0.29) is 11.6 Å². The Hall–Kier alpha value is -3.54. The number of halogens is 1. The van der Waals surface area contributed by atoms with Crippen molar-refractivity contribution < 1.29 is 9.50 Å². The normalized spacial score (nSPS) is 10.9. The van der Waals surface area contributed by atoms with Gasteiger partial charge in [0.05, 0.1) is 23.3 Å². The number of para-hydroxylation sites is 1. The number of phenolic OH excluding ortho intramolecular Hbond substituents is 1. The van der Waals surface area contributed by atoms with E-state index in [4.69, 9.17) is 0 Å². The molecule has 1 N–H and O–H groups in total. The van der Waals surface area contributed by atoms with Gasteiger partial charge in [0.25, 0.3) is 0 Å². The first-order valence-electron chi connectivity index (χ1n) is 8.48. The smallest absolute Gasteiger partial charge is 0.165 e. The van der Waals surface area contributed by atoms with Gasteiger partial charge in [-0.25, -0.2) is 14.4 Å². The van der Waals surface area contributed by atoms with Crippen LogP contribution in [0, 0.1) is 5.82 Å². The number of anilines is 1. The molecule has 0 aliphatic heterocycles. The zero-order chi connectivity index (χ0) is 18.8. The largest absolute Gasteiger partial charge is 0.507 e. The van der Waals surface area contributed by atoms with Crippen LogP contribution in [0.3, 0.4) is 0 Å². The summed E-state index contributed by atoms with van der Waals surface area (Å²) in [4.78, 5) is 15.4. The molecule has 6 heteroatoms. The summed E-state index contributed by atoms with van der Waals surface area (Å²) in [7, 11) is 1.87. The van der Waals surface area contributed by atoms with E-state index in [9.17, 15) is 9.50 Å². The maximum absolute atomic E-state index is 13.9. The Morgan fingerprint density at radius 1 is 1.00 bits per heavy atom. The molecule has 2 aromatic carbocycles. The average Bonchev–Trinajstić information content (AvgIpc) is 2.68. The van der Waals surface area contributed by atoms with Gasteiger partial charge in [-0.2, -0.15) is 0 Å². The highest BCUT2D eigenvalue weighted by Gasteiger charge is 2.16. The van der Waals surface area contributed by atoms with E-state index in [1.165, 1.54) is 12.1 Å². The van der Waals surface area contributed by atoms with Gasteiger partial charge in [-0.15, -0.1) is 0 Å². The van der Waals surface area contributed by atoms with Crippen molar-refractivity contribution in [2.75, 3.05) is 11.9 Å². The van der Waals surface area contributed by atoms with E-state index in [0.29, 0.717) is 34.7 Å². The standard InChI is InChI=1S/C21H17FN4O/c1-26(13-15-6-4-5-11-23-15)21-17-12-14(22)9-10-18(17)24-20(25-21)16-7-2-3-8-19(16)27/h2-12,27H,13H2,1H3. The number of pyridine rings is 1. The molecule has 0 radical (unpaired) electrons. The minimum Gasteiger partial charge on any atom is -0.507 e. The molecule has 0 saturated carbocycles. The first kappa shape index (κ1) is 16.9. The van der Waals surface area contributed by atoms with E-state index in [0.717, 1.165) is 5.69 Å². The van der Waals surface area contributed by atoms with Crippen LogP contribution in [0.25, 0.3) is 22.3 Å². The lowest BCUT2D eigenvalue weighted by Crippen LogP contribution is -2.19. The van der Waals surface area contributed by atoms with Gasteiger partial charge in [0.1, 0.15) is 17.4 Å². The minimum atomic E-state index is -0.353. The molecule has 0 unspecified atom stereocenters. The van der Waals surface area contributed by atoms with Crippen LogP contribution in [0.5, 0.6) is 5.75 Å². The molecule has 0 aliphatic rings. The van der Waals surface area contributed by atoms with Gasteiger partial charge in [-0.3, -0.25) is 4.98 Å². The van der Waals surface area contributed by atoms with Gasteiger partial charge in [-0.05, 0) is 42.5 Å².